The van der Waals surface area contributed by atoms with Crippen LogP contribution in [0.4, 0.5) is 4.79 Å². The molecule has 0 fully saturated rings. The molecule has 148 valence electrons. The van der Waals surface area contributed by atoms with Crippen LogP contribution in [-0.4, -0.2) is 19.4 Å². The van der Waals surface area contributed by atoms with Crippen molar-refractivity contribution in [1.82, 2.24) is 5.43 Å². The van der Waals surface area contributed by atoms with E-state index in [2.05, 4.69) is 15.3 Å². The minimum Gasteiger partial charge on any atom is -0.485 e. The Morgan fingerprint density at radius 1 is 0.862 bits per heavy atom. The topological polar surface area (TPSA) is 69.2 Å². The number of ether oxygens (including phenoxy) is 3. The SMILES string of the molecule is COC(=O)N/N=C/c1ccc(OCc2ccccc2)c(OCc2ccccc2)c1. The summed E-state index contributed by atoms with van der Waals surface area (Å²) in [6.45, 7) is 0.837. The van der Waals surface area contributed by atoms with E-state index < -0.39 is 6.09 Å². The molecular weight excluding hydrogens is 368 g/mol. The van der Waals surface area contributed by atoms with Crippen LogP contribution in [0.3, 0.4) is 0 Å². The molecule has 0 saturated carbocycles. The highest BCUT2D eigenvalue weighted by Crippen LogP contribution is 2.29. The van der Waals surface area contributed by atoms with Gasteiger partial charge in [0.25, 0.3) is 0 Å². The zero-order valence-electron chi connectivity index (χ0n) is 16.1. The number of nitrogens with zero attached hydrogens (tertiary/aromatic N) is 1. The van der Waals surface area contributed by atoms with Gasteiger partial charge in [0.1, 0.15) is 13.2 Å². The minimum absolute atomic E-state index is 0.406. The third kappa shape index (κ3) is 6.39. The normalized spacial score (nSPS) is 10.5. The molecule has 0 aromatic heterocycles. The van der Waals surface area contributed by atoms with Gasteiger partial charge in [-0.1, -0.05) is 60.7 Å². The number of hydrogen-bond acceptors (Lipinski definition) is 5. The quantitative estimate of drug-likeness (QED) is 0.453. The zero-order valence-corrected chi connectivity index (χ0v) is 16.1. The number of rotatable bonds is 8. The summed E-state index contributed by atoms with van der Waals surface area (Å²) in [7, 11) is 1.28. The first-order valence-corrected chi connectivity index (χ1v) is 9.09. The summed E-state index contributed by atoms with van der Waals surface area (Å²) in [4.78, 5) is 11.1. The average molecular weight is 390 g/mol. The smallest absolute Gasteiger partial charge is 0.427 e. The van der Waals surface area contributed by atoms with Crippen LogP contribution in [0.25, 0.3) is 0 Å². The molecule has 0 aliphatic rings. The van der Waals surface area contributed by atoms with Crippen LogP contribution in [0.15, 0.2) is 84.0 Å². The van der Waals surface area contributed by atoms with Gasteiger partial charge in [0.2, 0.25) is 0 Å². The van der Waals surface area contributed by atoms with Crippen molar-refractivity contribution in [2.45, 2.75) is 13.2 Å². The Morgan fingerprint density at radius 2 is 1.45 bits per heavy atom. The second-order valence-corrected chi connectivity index (χ2v) is 6.12. The number of hydrogen-bond donors (Lipinski definition) is 1. The number of nitrogens with one attached hydrogen (secondary N) is 1. The van der Waals surface area contributed by atoms with Crippen LogP contribution in [0.1, 0.15) is 16.7 Å². The summed E-state index contributed by atoms with van der Waals surface area (Å²) in [5.74, 6) is 1.22. The van der Waals surface area contributed by atoms with Crippen molar-refractivity contribution < 1.29 is 19.0 Å². The fourth-order valence-electron chi connectivity index (χ4n) is 2.51. The van der Waals surface area contributed by atoms with Crippen LogP contribution < -0.4 is 14.9 Å². The van der Waals surface area contributed by atoms with Gasteiger partial charge < -0.3 is 14.2 Å². The van der Waals surface area contributed by atoms with E-state index in [1.807, 2.05) is 78.9 Å². The molecule has 1 N–H and O–H groups in total. The predicted octanol–water partition coefficient (Wildman–Crippen LogP) is 4.53. The summed E-state index contributed by atoms with van der Waals surface area (Å²) in [5.41, 5.74) is 5.12. The van der Waals surface area contributed by atoms with E-state index in [0.29, 0.717) is 24.7 Å². The Morgan fingerprint density at radius 3 is 2.03 bits per heavy atom. The third-order valence-corrected chi connectivity index (χ3v) is 4.00. The first kappa shape index (κ1) is 19.9. The summed E-state index contributed by atoms with van der Waals surface area (Å²) >= 11 is 0. The van der Waals surface area contributed by atoms with Gasteiger partial charge in [0.15, 0.2) is 11.5 Å². The second-order valence-electron chi connectivity index (χ2n) is 6.12. The summed E-state index contributed by atoms with van der Waals surface area (Å²) in [5, 5.41) is 3.85. The van der Waals surface area contributed by atoms with E-state index in [-0.39, 0.29) is 0 Å². The highest BCUT2D eigenvalue weighted by Gasteiger charge is 2.08. The number of amides is 1. The molecule has 29 heavy (non-hydrogen) atoms. The van der Waals surface area contributed by atoms with Gasteiger partial charge in [-0.25, -0.2) is 10.2 Å². The van der Waals surface area contributed by atoms with Crippen LogP contribution in [0.5, 0.6) is 11.5 Å². The van der Waals surface area contributed by atoms with Crippen molar-refractivity contribution in [3.8, 4) is 11.5 Å². The third-order valence-electron chi connectivity index (χ3n) is 4.00. The van der Waals surface area contributed by atoms with Gasteiger partial charge in [-0.2, -0.15) is 5.10 Å². The lowest BCUT2D eigenvalue weighted by atomic mass is 10.2. The van der Waals surface area contributed by atoms with Gasteiger partial charge in [-0.3, -0.25) is 0 Å². The van der Waals surface area contributed by atoms with E-state index in [0.717, 1.165) is 16.7 Å². The Bertz CT molecular complexity index is 944. The molecule has 3 aromatic rings. The molecule has 0 atom stereocenters. The molecule has 0 spiro atoms. The number of carbonyl (C=O) groups excluding carboxylic acids is 1. The van der Waals surface area contributed by atoms with Crippen LogP contribution >= 0.6 is 0 Å². The largest absolute Gasteiger partial charge is 0.485 e. The molecule has 0 aliphatic heterocycles. The summed E-state index contributed by atoms with van der Waals surface area (Å²) in [6.07, 6.45) is 0.873. The Kier molecular flexibility index (Phi) is 7.23. The van der Waals surface area contributed by atoms with E-state index in [4.69, 9.17) is 9.47 Å². The van der Waals surface area contributed by atoms with Crippen molar-refractivity contribution in [2.75, 3.05) is 7.11 Å². The molecule has 0 aliphatic carbocycles. The lowest BCUT2D eigenvalue weighted by Crippen LogP contribution is -2.16. The molecule has 0 bridgehead atoms. The first-order chi connectivity index (χ1) is 14.2. The molecule has 3 aromatic carbocycles. The van der Waals surface area contributed by atoms with Crippen LogP contribution in [0.2, 0.25) is 0 Å². The standard InChI is InChI=1S/C23H22N2O4/c1-27-23(26)25-24-15-20-12-13-21(28-16-18-8-4-2-5-9-18)22(14-20)29-17-19-10-6-3-7-11-19/h2-15H,16-17H2,1H3,(H,25,26)/b24-15+. The minimum atomic E-state index is -0.635. The zero-order chi connectivity index (χ0) is 20.3. The maximum atomic E-state index is 11.1. The molecule has 0 saturated heterocycles. The molecule has 1 amide bonds. The maximum Gasteiger partial charge on any atom is 0.427 e. The first-order valence-electron chi connectivity index (χ1n) is 9.09. The lowest BCUT2D eigenvalue weighted by molar-refractivity contribution is 0.171. The van der Waals surface area contributed by atoms with Gasteiger partial charge in [0.05, 0.1) is 13.3 Å². The monoisotopic (exact) mass is 390 g/mol. The molecule has 6 heteroatoms. The fraction of sp³-hybridized carbons (Fsp3) is 0.130. The second kappa shape index (κ2) is 10.5. The Hall–Kier alpha value is -3.80. The Labute approximate surface area is 169 Å². The van der Waals surface area contributed by atoms with E-state index in [1.165, 1.54) is 13.3 Å². The van der Waals surface area contributed by atoms with Gasteiger partial charge >= 0.3 is 6.09 Å². The number of hydrazone groups is 1. The highest BCUT2D eigenvalue weighted by atomic mass is 16.5. The molecule has 0 heterocycles. The molecule has 6 nitrogen and oxygen atoms in total. The summed E-state index contributed by atoms with van der Waals surface area (Å²) in [6, 6.07) is 25.3. The van der Waals surface area contributed by atoms with E-state index >= 15 is 0 Å². The van der Waals surface area contributed by atoms with Crippen molar-refractivity contribution in [1.29, 1.82) is 0 Å². The lowest BCUT2D eigenvalue weighted by Gasteiger charge is -2.14. The molecule has 0 unspecified atom stereocenters. The van der Waals surface area contributed by atoms with Crippen LogP contribution in [-0.2, 0) is 18.0 Å². The predicted molar refractivity (Wildman–Crippen MR) is 111 cm³/mol. The van der Waals surface area contributed by atoms with Gasteiger partial charge in [-0.15, -0.1) is 0 Å². The average Bonchev–Trinajstić information content (AvgIpc) is 2.78. The number of carbonyl (C=O) groups is 1. The van der Waals surface area contributed by atoms with Crippen molar-refractivity contribution in [3.05, 3.63) is 95.6 Å². The van der Waals surface area contributed by atoms with Crippen LogP contribution in [0, 0.1) is 0 Å². The maximum absolute atomic E-state index is 11.1. The van der Waals surface area contributed by atoms with Gasteiger partial charge in [-0.05, 0) is 34.9 Å². The van der Waals surface area contributed by atoms with Gasteiger partial charge in [0, 0.05) is 0 Å². The highest BCUT2D eigenvalue weighted by molar-refractivity contribution is 5.82. The molecule has 3 rings (SSSR count). The molecule has 0 radical (unpaired) electrons. The van der Waals surface area contributed by atoms with E-state index in [1.54, 1.807) is 0 Å². The number of benzene rings is 3. The van der Waals surface area contributed by atoms with Crippen molar-refractivity contribution in [2.24, 2.45) is 5.10 Å². The van der Waals surface area contributed by atoms with Crippen molar-refractivity contribution >= 4 is 12.3 Å². The summed E-state index contributed by atoms with van der Waals surface area (Å²) < 4.78 is 16.5. The Balaban J connectivity index is 1.74. The van der Waals surface area contributed by atoms with E-state index in [9.17, 15) is 4.79 Å². The fourth-order valence-corrected chi connectivity index (χ4v) is 2.51. The number of methoxy groups -OCH3 is 1. The van der Waals surface area contributed by atoms with Crippen molar-refractivity contribution in [3.63, 3.8) is 0 Å². The molecular formula is C23H22N2O4.